The summed E-state index contributed by atoms with van der Waals surface area (Å²) in [5, 5.41) is 10.5. The van der Waals surface area contributed by atoms with E-state index in [2.05, 4.69) is 0 Å². The van der Waals surface area contributed by atoms with Crippen LogP contribution in [0, 0.1) is 0 Å². The molecule has 0 radical (unpaired) electrons. The SMILES string of the molecule is COc1ccc(CCC(=O)[O-])cc1OCC[NH+]1CCOCC1. The predicted octanol–water partition coefficient (Wildman–Crippen LogP) is -1.33. The number of carboxylic acid groups (broad SMARTS) is 1. The Morgan fingerprint density at radius 2 is 2.09 bits per heavy atom. The summed E-state index contributed by atoms with van der Waals surface area (Å²) >= 11 is 0. The van der Waals surface area contributed by atoms with Gasteiger partial charge in [0, 0.05) is 5.97 Å². The summed E-state index contributed by atoms with van der Waals surface area (Å²) in [6.07, 6.45) is 0.432. The molecular weight excluding hydrogens is 286 g/mol. The summed E-state index contributed by atoms with van der Waals surface area (Å²) in [7, 11) is 1.59. The quantitative estimate of drug-likeness (QED) is 0.644. The van der Waals surface area contributed by atoms with Gasteiger partial charge in [0.2, 0.25) is 0 Å². The zero-order chi connectivity index (χ0) is 15.8. The molecular formula is C16H23NO5. The minimum absolute atomic E-state index is 0.00367. The van der Waals surface area contributed by atoms with Crippen molar-refractivity contribution in [1.29, 1.82) is 0 Å². The molecule has 0 aromatic heterocycles. The molecule has 1 N–H and O–H groups in total. The maximum Gasteiger partial charge on any atom is 0.161 e. The van der Waals surface area contributed by atoms with Gasteiger partial charge in [-0.1, -0.05) is 6.07 Å². The molecule has 2 rings (SSSR count). The third-order valence-electron chi connectivity index (χ3n) is 3.76. The van der Waals surface area contributed by atoms with Crippen molar-refractivity contribution < 1.29 is 29.0 Å². The minimum Gasteiger partial charge on any atom is -0.550 e. The molecule has 1 aliphatic rings. The van der Waals surface area contributed by atoms with Crippen LogP contribution in [-0.2, 0) is 16.0 Å². The molecule has 0 unspecified atom stereocenters. The molecule has 0 spiro atoms. The number of rotatable bonds is 8. The number of benzene rings is 1. The van der Waals surface area contributed by atoms with Crippen LogP contribution >= 0.6 is 0 Å². The van der Waals surface area contributed by atoms with Gasteiger partial charge in [-0.2, -0.15) is 0 Å². The van der Waals surface area contributed by atoms with Crippen LogP contribution in [0.25, 0.3) is 0 Å². The van der Waals surface area contributed by atoms with Gasteiger partial charge in [0.1, 0.15) is 26.2 Å². The number of nitrogens with one attached hydrogen (secondary N) is 1. The standard InChI is InChI=1S/C16H23NO5/c1-20-14-4-2-13(3-5-16(18)19)12-15(14)22-11-8-17-6-9-21-10-7-17/h2,4,12H,3,5-11H2,1H3,(H,18,19). The van der Waals surface area contributed by atoms with Gasteiger partial charge >= 0.3 is 0 Å². The average Bonchev–Trinajstić information content (AvgIpc) is 2.54. The van der Waals surface area contributed by atoms with E-state index in [0.29, 0.717) is 24.5 Å². The van der Waals surface area contributed by atoms with Crippen LogP contribution in [0.1, 0.15) is 12.0 Å². The average molecular weight is 309 g/mol. The van der Waals surface area contributed by atoms with Crippen LogP contribution in [0.3, 0.4) is 0 Å². The van der Waals surface area contributed by atoms with E-state index in [0.717, 1.165) is 38.4 Å². The molecule has 0 bridgehead atoms. The van der Waals surface area contributed by atoms with Crippen molar-refractivity contribution in [1.82, 2.24) is 0 Å². The summed E-state index contributed by atoms with van der Waals surface area (Å²) in [5.41, 5.74) is 0.902. The van der Waals surface area contributed by atoms with Crippen molar-refractivity contribution in [2.75, 3.05) is 46.6 Å². The van der Waals surface area contributed by atoms with Crippen LogP contribution in [0.4, 0.5) is 0 Å². The molecule has 6 nitrogen and oxygen atoms in total. The Balaban J connectivity index is 1.89. The Hall–Kier alpha value is -1.79. The molecule has 0 atom stereocenters. The number of aryl methyl sites for hydroxylation is 1. The van der Waals surface area contributed by atoms with Crippen LogP contribution in [0.2, 0.25) is 0 Å². The first-order chi connectivity index (χ1) is 10.7. The molecule has 1 saturated heterocycles. The smallest absolute Gasteiger partial charge is 0.161 e. The van der Waals surface area contributed by atoms with Gasteiger partial charge in [0.15, 0.2) is 11.5 Å². The zero-order valence-electron chi connectivity index (χ0n) is 12.9. The maximum absolute atomic E-state index is 10.5. The lowest BCUT2D eigenvalue weighted by atomic mass is 10.1. The number of carbonyl (C=O) groups excluding carboxylic acids is 1. The fourth-order valence-electron chi connectivity index (χ4n) is 2.45. The Morgan fingerprint density at radius 3 is 2.77 bits per heavy atom. The molecule has 1 aromatic rings. The first-order valence-electron chi connectivity index (χ1n) is 7.60. The van der Waals surface area contributed by atoms with Gasteiger partial charge in [-0.15, -0.1) is 0 Å². The number of carboxylic acids is 1. The zero-order valence-corrected chi connectivity index (χ0v) is 12.9. The first kappa shape index (κ1) is 16.6. The van der Waals surface area contributed by atoms with Gasteiger partial charge in [0.25, 0.3) is 0 Å². The molecule has 22 heavy (non-hydrogen) atoms. The van der Waals surface area contributed by atoms with E-state index in [1.54, 1.807) is 7.11 Å². The number of quaternary nitrogens is 1. The number of aliphatic carboxylic acids is 1. The molecule has 0 amide bonds. The van der Waals surface area contributed by atoms with Gasteiger partial charge < -0.3 is 29.0 Å². The molecule has 1 heterocycles. The fraction of sp³-hybridized carbons (Fsp3) is 0.562. The highest BCUT2D eigenvalue weighted by molar-refractivity contribution is 5.64. The second kappa shape index (κ2) is 8.60. The molecule has 1 aliphatic heterocycles. The summed E-state index contributed by atoms with van der Waals surface area (Å²) < 4.78 is 16.4. The molecule has 6 heteroatoms. The van der Waals surface area contributed by atoms with Crippen molar-refractivity contribution >= 4 is 5.97 Å². The van der Waals surface area contributed by atoms with Gasteiger partial charge in [-0.25, -0.2) is 0 Å². The molecule has 0 saturated carbocycles. The lowest BCUT2D eigenvalue weighted by Crippen LogP contribution is -3.14. The third-order valence-corrected chi connectivity index (χ3v) is 3.76. The monoisotopic (exact) mass is 309 g/mol. The lowest BCUT2D eigenvalue weighted by molar-refractivity contribution is -0.908. The first-order valence-corrected chi connectivity index (χ1v) is 7.60. The fourth-order valence-corrected chi connectivity index (χ4v) is 2.45. The van der Waals surface area contributed by atoms with Crippen molar-refractivity contribution in [3.63, 3.8) is 0 Å². The summed E-state index contributed by atoms with van der Waals surface area (Å²) in [5.74, 6) is 0.273. The number of ether oxygens (including phenoxy) is 3. The van der Waals surface area contributed by atoms with E-state index < -0.39 is 5.97 Å². The number of hydrogen-bond donors (Lipinski definition) is 1. The van der Waals surface area contributed by atoms with E-state index in [4.69, 9.17) is 14.2 Å². The second-order valence-electron chi connectivity index (χ2n) is 5.32. The van der Waals surface area contributed by atoms with E-state index in [1.807, 2.05) is 18.2 Å². The van der Waals surface area contributed by atoms with Gasteiger partial charge in [0.05, 0.1) is 20.3 Å². The maximum atomic E-state index is 10.5. The third kappa shape index (κ3) is 5.20. The van der Waals surface area contributed by atoms with E-state index in [-0.39, 0.29) is 6.42 Å². The minimum atomic E-state index is -1.05. The molecule has 1 fully saturated rings. The van der Waals surface area contributed by atoms with Crippen molar-refractivity contribution in [3.8, 4) is 11.5 Å². The van der Waals surface area contributed by atoms with Crippen molar-refractivity contribution in [2.45, 2.75) is 12.8 Å². The van der Waals surface area contributed by atoms with Crippen molar-refractivity contribution in [3.05, 3.63) is 23.8 Å². The summed E-state index contributed by atoms with van der Waals surface area (Å²) in [4.78, 5) is 12.0. The Morgan fingerprint density at radius 1 is 1.32 bits per heavy atom. The van der Waals surface area contributed by atoms with Crippen molar-refractivity contribution in [2.24, 2.45) is 0 Å². The highest BCUT2D eigenvalue weighted by atomic mass is 16.5. The highest BCUT2D eigenvalue weighted by Gasteiger charge is 2.14. The van der Waals surface area contributed by atoms with Gasteiger partial charge in [-0.3, -0.25) is 0 Å². The number of hydrogen-bond acceptors (Lipinski definition) is 5. The predicted molar refractivity (Wildman–Crippen MR) is 78.2 cm³/mol. The summed E-state index contributed by atoms with van der Waals surface area (Å²) in [6.45, 7) is 5.12. The lowest BCUT2D eigenvalue weighted by Gasteiger charge is -2.23. The van der Waals surface area contributed by atoms with Crippen LogP contribution in [-0.4, -0.2) is 52.5 Å². The van der Waals surface area contributed by atoms with Crippen LogP contribution in [0.5, 0.6) is 11.5 Å². The number of methoxy groups -OCH3 is 1. The highest BCUT2D eigenvalue weighted by Crippen LogP contribution is 2.28. The van der Waals surface area contributed by atoms with Crippen LogP contribution < -0.4 is 19.5 Å². The van der Waals surface area contributed by atoms with Crippen LogP contribution in [0.15, 0.2) is 18.2 Å². The largest absolute Gasteiger partial charge is 0.550 e. The molecule has 122 valence electrons. The van der Waals surface area contributed by atoms with E-state index in [1.165, 1.54) is 4.90 Å². The number of morpholine rings is 1. The van der Waals surface area contributed by atoms with E-state index >= 15 is 0 Å². The van der Waals surface area contributed by atoms with E-state index in [9.17, 15) is 9.90 Å². The Kier molecular flexibility index (Phi) is 6.48. The second-order valence-corrected chi connectivity index (χ2v) is 5.32. The molecule has 1 aromatic carbocycles. The summed E-state index contributed by atoms with van der Waals surface area (Å²) in [6, 6.07) is 5.50. The normalized spacial score (nSPS) is 15.5. The Labute approximate surface area is 130 Å². The number of carbonyl (C=O) groups is 1. The Bertz CT molecular complexity index is 485. The molecule has 0 aliphatic carbocycles. The topological polar surface area (TPSA) is 72.3 Å². The van der Waals surface area contributed by atoms with Gasteiger partial charge in [-0.05, 0) is 30.5 Å².